The predicted molar refractivity (Wildman–Crippen MR) is 50.2 cm³/mol. The maximum atomic E-state index is 2.52. The van der Waals surface area contributed by atoms with Crippen LogP contribution in [0.3, 0.4) is 0 Å². The lowest BCUT2D eigenvalue weighted by atomic mass is 10.1. The molecular weight excluding hydrogens is 156 g/mol. The van der Waals surface area contributed by atoms with Crippen molar-refractivity contribution < 1.29 is 0 Å². The van der Waals surface area contributed by atoms with Crippen molar-refractivity contribution >= 4 is 11.8 Å². The Labute approximate surface area is 72.9 Å². The molecule has 0 N–H and O–H groups in total. The maximum Gasteiger partial charge on any atom is 0.0347 e. The minimum atomic E-state index is 0.832. The SMILES string of the molecule is CN1CCN(C)[C@@H]2CSCC21. The third-order valence-corrected chi connectivity index (χ3v) is 4.11. The smallest absolute Gasteiger partial charge is 0.0347 e. The average Bonchev–Trinajstić information content (AvgIpc) is 2.45. The lowest BCUT2D eigenvalue weighted by Crippen LogP contribution is -2.56. The molecule has 0 amide bonds. The Morgan fingerprint density at radius 2 is 1.45 bits per heavy atom. The molecule has 2 atom stereocenters. The highest BCUT2D eigenvalue weighted by Gasteiger charge is 2.36. The minimum absolute atomic E-state index is 0.832. The highest BCUT2D eigenvalue weighted by Crippen LogP contribution is 2.27. The molecule has 2 aliphatic rings. The normalized spacial score (nSPS) is 40.9. The summed E-state index contributed by atoms with van der Waals surface area (Å²) in [5.41, 5.74) is 0. The summed E-state index contributed by atoms with van der Waals surface area (Å²) in [4.78, 5) is 5.04. The number of hydrogen-bond acceptors (Lipinski definition) is 3. The van der Waals surface area contributed by atoms with E-state index in [2.05, 4.69) is 35.7 Å². The van der Waals surface area contributed by atoms with Gasteiger partial charge in [-0.25, -0.2) is 0 Å². The number of likely N-dealkylation sites (N-methyl/N-ethyl adjacent to an activating group) is 2. The fourth-order valence-corrected chi connectivity index (χ4v) is 3.59. The first-order chi connectivity index (χ1) is 5.29. The first-order valence-electron chi connectivity index (χ1n) is 4.27. The molecule has 0 aromatic heterocycles. The third kappa shape index (κ3) is 1.30. The van der Waals surface area contributed by atoms with E-state index in [1.54, 1.807) is 0 Å². The highest BCUT2D eigenvalue weighted by molar-refractivity contribution is 7.99. The molecule has 0 aromatic rings. The zero-order valence-electron chi connectivity index (χ0n) is 7.29. The molecule has 1 unspecified atom stereocenters. The van der Waals surface area contributed by atoms with Crippen molar-refractivity contribution in [3.8, 4) is 0 Å². The van der Waals surface area contributed by atoms with Crippen LogP contribution in [0, 0.1) is 0 Å². The van der Waals surface area contributed by atoms with Gasteiger partial charge in [-0.2, -0.15) is 11.8 Å². The molecule has 0 saturated carbocycles. The van der Waals surface area contributed by atoms with Gasteiger partial charge in [0.1, 0.15) is 0 Å². The molecule has 0 radical (unpaired) electrons. The Hall–Kier alpha value is 0.270. The molecule has 2 rings (SSSR count). The van der Waals surface area contributed by atoms with E-state index in [4.69, 9.17) is 0 Å². The molecule has 64 valence electrons. The van der Waals surface area contributed by atoms with Crippen LogP contribution < -0.4 is 0 Å². The third-order valence-electron chi connectivity index (χ3n) is 2.96. The van der Waals surface area contributed by atoms with Crippen molar-refractivity contribution in [1.29, 1.82) is 0 Å². The molecule has 2 fully saturated rings. The van der Waals surface area contributed by atoms with Crippen molar-refractivity contribution in [2.45, 2.75) is 12.1 Å². The highest BCUT2D eigenvalue weighted by atomic mass is 32.2. The second kappa shape index (κ2) is 2.96. The van der Waals surface area contributed by atoms with Crippen molar-refractivity contribution in [3.05, 3.63) is 0 Å². The van der Waals surface area contributed by atoms with Crippen molar-refractivity contribution in [1.82, 2.24) is 9.80 Å². The second-order valence-corrected chi connectivity index (χ2v) is 4.71. The van der Waals surface area contributed by atoms with Crippen LogP contribution in [-0.2, 0) is 0 Å². The molecule has 0 bridgehead atoms. The van der Waals surface area contributed by atoms with Gasteiger partial charge in [0.05, 0.1) is 0 Å². The monoisotopic (exact) mass is 172 g/mol. The molecule has 0 aromatic carbocycles. The molecule has 2 heterocycles. The van der Waals surface area contributed by atoms with Crippen LogP contribution in [0.5, 0.6) is 0 Å². The summed E-state index contributed by atoms with van der Waals surface area (Å²) < 4.78 is 0. The molecule has 0 aliphatic carbocycles. The van der Waals surface area contributed by atoms with E-state index in [0.29, 0.717) is 0 Å². The Balaban J connectivity index is 2.08. The van der Waals surface area contributed by atoms with Gasteiger partial charge in [0.2, 0.25) is 0 Å². The lowest BCUT2D eigenvalue weighted by molar-refractivity contribution is 0.0831. The Morgan fingerprint density at radius 3 is 1.91 bits per heavy atom. The van der Waals surface area contributed by atoms with E-state index >= 15 is 0 Å². The van der Waals surface area contributed by atoms with Gasteiger partial charge in [0, 0.05) is 36.7 Å². The Morgan fingerprint density at radius 1 is 1.00 bits per heavy atom. The summed E-state index contributed by atoms with van der Waals surface area (Å²) in [7, 11) is 4.52. The standard InChI is InChI=1S/C8H16N2S/c1-9-3-4-10(2)8-6-11-5-7(8)9/h7-8H,3-6H2,1-2H3/t7-,8?/m1/s1. The van der Waals surface area contributed by atoms with Crippen LogP contribution in [0.25, 0.3) is 0 Å². The van der Waals surface area contributed by atoms with Gasteiger partial charge in [0.25, 0.3) is 0 Å². The summed E-state index contributed by atoms with van der Waals surface area (Å²) in [6, 6.07) is 1.66. The lowest BCUT2D eigenvalue weighted by Gasteiger charge is -2.40. The summed E-state index contributed by atoms with van der Waals surface area (Å²) in [6.07, 6.45) is 0. The molecule has 11 heavy (non-hydrogen) atoms. The Bertz CT molecular complexity index is 135. The van der Waals surface area contributed by atoms with Gasteiger partial charge in [0.15, 0.2) is 0 Å². The molecule has 2 saturated heterocycles. The van der Waals surface area contributed by atoms with Gasteiger partial charge < -0.3 is 0 Å². The number of hydrogen-bond donors (Lipinski definition) is 0. The fraction of sp³-hybridized carbons (Fsp3) is 1.00. The second-order valence-electron chi connectivity index (χ2n) is 3.63. The maximum absolute atomic E-state index is 2.52. The van der Waals surface area contributed by atoms with Crippen LogP contribution in [-0.4, -0.2) is 60.6 Å². The van der Waals surface area contributed by atoms with Gasteiger partial charge >= 0.3 is 0 Å². The van der Waals surface area contributed by atoms with Crippen LogP contribution in [0.4, 0.5) is 0 Å². The molecule has 3 heteroatoms. The number of nitrogens with zero attached hydrogens (tertiary/aromatic N) is 2. The topological polar surface area (TPSA) is 6.48 Å². The summed E-state index contributed by atoms with van der Waals surface area (Å²) >= 11 is 2.10. The first kappa shape index (κ1) is 7.90. The van der Waals surface area contributed by atoms with E-state index in [1.165, 1.54) is 24.6 Å². The molecule has 0 spiro atoms. The number of fused-ring (bicyclic) bond motifs is 1. The average molecular weight is 172 g/mol. The molecule has 2 aliphatic heterocycles. The van der Waals surface area contributed by atoms with Crippen molar-refractivity contribution in [2.24, 2.45) is 0 Å². The fourth-order valence-electron chi connectivity index (χ4n) is 2.02. The van der Waals surface area contributed by atoms with E-state index in [1.807, 2.05) is 0 Å². The number of thioether (sulfide) groups is 1. The van der Waals surface area contributed by atoms with Crippen LogP contribution in [0.15, 0.2) is 0 Å². The minimum Gasteiger partial charge on any atom is -0.300 e. The van der Waals surface area contributed by atoms with Crippen LogP contribution in [0.1, 0.15) is 0 Å². The van der Waals surface area contributed by atoms with E-state index < -0.39 is 0 Å². The summed E-state index contributed by atoms with van der Waals surface area (Å²) in [5.74, 6) is 2.68. The zero-order valence-corrected chi connectivity index (χ0v) is 8.10. The van der Waals surface area contributed by atoms with E-state index in [-0.39, 0.29) is 0 Å². The van der Waals surface area contributed by atoms with Crippen LogP contribution >= 0.6 is 11.8 Å². The van der Waals surface area contributed by atoms with E-state index in [9.17, 15) is 0 Å². The predicted octanol–water partition coefficient (Wildman–Crippen LogP) is 0.348. The van der Waals surface area contributed by atoms with Gasteiger partial charge in [-0.05, 0) is 14.1 Å². The van der Waals surface area contributed by atoms with Gasteiger partial charge in [-0.3, -0.25) is 9.80 Å². The first-order valence-corrected chi connectivity index (χ1v) is 5.43. The quantitative estimate of drug-likeness (QED) is 0.520. The van der Waals surface area contributed by atoms with Gasteiger partial charge in [-0.15, -0.1) is 0 Å². The van der Waals surface area contributed by atoms with Crippen LogP contribution in [0.2, 0.25) is 0 Å². The van der Waals surface area contributed by atoms with Crippen molar-refractivity contribution in [3.63, 3.8) is 0 Å². The largest absolute Gasteiger partial charge is 0.300 e. The molecular formula is C8H16N2S. The Kier molecular flexibility index (Phi) is 2.12. The summed E-state index contributed by atoms with van der Waals surface area (Å²) in [5, 5.41) is 0. The summed E-state index contributed by atoms with van der Waals surface area (Å²) in [6.45, 7) is 2.50. The molecule has 2 nitrogen and oxygen atoms in total. The van der Waals surface area contributed by atoms with Crippen molar-refractivity contribution in [2.75, 3.05) is 38.7 Å². The van der Waals surface area contributed by atoms with E-state index in [0.717, 1.165) is 12.1 Å². The zero-order chi connectivity index (χ0) is 7.84. The number of piperazine rings is 1. The number of rotatable bonds is 0. The van der Waals surface area contributed by atoms with Gasteiger partial charge in [-0.1, -0.05) is 0 Å².